The second-order valence-electron chi connectivity index (χ2n) is 7.01. The van der Waals surface area contributed by atoms with Crippen LogP contribution in [0.2, 0.25) is 0 Å². The van der Waals surface area contributed by atoms with Gasteiger partial charge in [-0.15, -0.1) is 0 Å². The molecule has 0 aliphatic heterocycles. The maximum Gasteiger partial charge on any atom is 0.115 e. The first kappa shape index (κ1) is 16.1. The molecule has 0 unspecified atom stereocenters. The molecule has 0 amide bonds. The summed E-state index contributed by atoms with van der Waals surface area (Å²) in [6, 6.07) is 14.6. The topological polar surface area (TPSA) is 45.2 Å². The van der Waals surface area contributed by atoms with Crippen molar-refractivity contribution in [2.75, 3.05) is 0 Å². The van der Waals surface area contributed by atoms with Gasteiger partial charge in [0.2, 0.25) is 0 Å². The molecule has 1 fully saturated rings. The zero-order valence-corrected chi connectivity index (χ0v) is 14.4. The summed E-state index contributed by atoms with van der Waals surface area (Å²) in [5, 5.41) is 15.6. The average molecular weight is 332 g/mol. The summed E-state index contributed by atoms with van der Waals surface area (Å²) >= 11 is 0. The van der Waals surface area contributed by atoms with Crippen LogP contribution in [0.15, 0.2) is 54.9 Å². The lowest BCUT2D eigenvalue weighted by atomic mass is 9.95. The van der Waals surface area contributed by atoms with E-state index in [0.717, 1.165) is 23.1 Å². The van der Waals surface area contributed by atoms with Crippen LogP contribution in [-0.4, -0.2) is 16.1 Å². The molecule has 1 aliphatic carbocycles. The first-order valence-electron chi connectivity index (χ1n) is 9.19. The van der Waals surface area contributed by atoms with Gasteiger partial charge in [0.15, 0.2) is 0 Å². The molecular weight excluding hydrogens is 308 g/mol. The standard InChI is InChI=1S/C22H24N2O/c25-20-10-8-17(9-11-20)22-15-23-14-18-7-6-16(12-21(18)22)13-24-19-4-2-1-3-5-19/h6-12,14-15,19,24-25H,1-5,13H2. The van der Waals surface area contributed by atoms with Gasteiger partial charge in [-0.05, 0) is 47.6 Å². The zero-order valence-electron chi connectivity index (χ0n) is 14.4. The van der Waals surface area contributed by atoms with Gasteiger partial charge in [-0.3, -0.25) is 4.98 Å². The lowest BCUT2D eigenvalue weighted by Gasteiger charge is -2.23. The van der Waals surface area contributed by atoms with Crippen LogP contribution in [-0.2, 0) is 6.54 Å². The van der Waals surface area contributed by atoms with Crippen LogP contribution in [0.1, 0.15) is 37.7 Å². The number of rotatable bonds is 4. The highest BCUT2D eigenvalue weighted by Crippen LogP contribution is 2.29. The van der Waals surface area contributed by atoms with Gasteiger partial charge in [-0.25, -0.2) is 0 Å². The van der Waals surface area contributed by atoms with Crippen LogP contribution >= 0.6 is 0 Å². The van der Waals surface area contributed by atoms with E-state index in [4.69, 9.17) is 0 Å². The van der Waals surface area contributed by atoms with Crippen molar-refractivity contribution in [2.45, 2.75) is 44.7 Å². The van der Waals surface area contributed by atoms with Crippen LogP contribution in [0.3, 0.4) is 0 Å². The number of fused-ring (bicyclic) bond motifs is 1. The highest BCUT2D eigenvalue weighted by Gasteiger charge is 2.12. The maximum atomic E-state index is 9.53. The lowest BCUT2D eigenvalue weighted by Crippen LogP contribution is -2.30. The van der Waals surface area contributed by atoms with Crippen LogP contribution in [0.4, 0.5) is 0 Å². The number of nitrogens with one attached hydrogen (secondary N) is 1. The summed E-state index contributed by atoms with van der Waals surface area (Å²) < 4.78 is 0. The molecule has 3 heteroatoms. The van der Waals surface area contributed by atoms with Crippen molar-refractivity contribution in [3.63, 3.8) is 0 Å². The van der Waals surface area contributed by atoms with E-state index >= 15 is 0 Å². The Labute approximate surface area is 148 Å². The molecule has 2 aromatic carbocycles. The Bertz CT molecular complexity index is 852. The minimum atomic E-state index is 0.286. The van der Waals surface area contributed by atoms with E-state index in [1.165, 1.54) is 43.1 Å². The van der Waals surface area contributed by atoms with Crippen molar-refractivity contribution in [2.24, 2.45) is 0 Å². The predicted octanol–water partition coefficient (Wildman–Crippen LogP) is 5.03. The summed E-state index contributed by atoms with van der Waals surface area (Å²) in [4.78, 5) is 4.38. The SMILES string of the molecule is Oc1ccc(-c2cncc3ccc(CNC4CCCCC4)cc23)cc1. The normalized spacial score (nSPS) is 15.5. The summed E-state index contributed by atoms with van der Waals surface area (Å²) in [7, 11) is 0. The molecule has 128 valence electrons. The molecule has 25 heavy (non-hydrogen) atoms. The van der Waals surface area contributed by atoms with E-state index in [1.807, 2.05) is 24.5 Å². The molecule has 0 saturated heterocycles. The first-order valence-corrected chi connectivity index (χ1v) is 9.19. The number of hydrogen-bond donors (Lipinski definition) is 2. The molecule has 0 radical (unpaired) electrons. The number of aromatic hydroxyl groups is 1. The van der Waals surface area contributed by atoms with E-state index in [1.54, 1.807) is 12.1 Å². The highest BCUT2D eigenvalue weighted by molar-refractivity contribution is 5.96. The van der Waals surface area contributed by atoms with Gasteiger partial charge in [-0.2, -0.15) is 0 Å². The Balaban J connectivity index is 1.62. The van der Waals surface area contributed by atoms with E-state index in [-0.39, 0.29) is 5.75 Å². The van der Waals surface area contributed by atoms with Crippen LogP contribution in [0.25, 0.3) is 21.9 Å². The van der Waals surface area contributed by atoms with Gasteiger partial charge in [-0.1, -0.05) is 43.5 Å². The summed E-state index contributed by atoms with van der Waals surface area (Å²) in [5.74, 6) is 0.286. The molecule has 3 aromatic rings. The second-order valence-corrected chi connectivity index (χ2v) is 7.01. The molecule has 0 spiro atoms. The molecule has 0 bridgehead atoms. The number of benzene rings is 2. The third-order valence-electron chi connectivity index (χ3n) is 5.20. The minimum absolute atomic E-state index is 0.286. The third-order valence-corrected chi connectivity index (χ3v) is 5.20. The smallest absolute Gasteiger partial charge is 0.115 e. The van der Waals surface area contributed by atoms with Gasteiger partial charge in [0.25, 0.3) is 0 Å². The largest absolute Gasteiger partial charge is 0.508 e. The van der Waals surface area contributed by atoms with Crippen LogP contribution < -0.4 is 5.32 Å². The van der Waals surface area contributed by atoms with Gasteiger partial charge in [0, 0.05) is 35.9 Å². The highest BCUT2D eigenvalue weighted by atomic mass is 16.3. The Kier molecular flexibility index (Phi) is 4.66. The number of aromatic nitrogens is 1. The molecule has 1 aromatic heterocycles. The zero-order chi connectivity index (χ0) is 17.1. The molecule has 0 atom stereocenters. The second kappa shape index (κ2) is 7.24. The molecular formula is C22H24N2O. The predicted molar refractivity (Wildman–Crippen MR) is 103 cm³/mol. The van der Waals surface area contributed by atoms with Crippen molar-refractivity contribution in [1.29, 1.82) is 0 Å². The summed E-state index contributed by atoms with van der Waals surface area (Å²) in [6.45, 7) is 0.915. The van der Waals surface area contributed by atoms with Gasteiger partial charge in [0.05, 0.1) is 0 Å². The third kappa shape index (κ3) is 3.67. The summed E-state index contributed by atoms with van der Waals surface area (Å²) in [6.07, 6.45) is 10.5. The average Bonchev–Trinajstić information content (AvgIpc) is 2.67. The monoisotopic (exact) mass is 332 g/mol. The number of phenolic OH excluding ortho intramolecular Hbond substituents is 1. The molecule has 3 nitrogen and oxygen atoms in total. The van der Waals surface area contributed by atoms with Crippen LogP contribution in [0.5, 0.6) is 5.75 Å². The fraction of sp³-hybridized carbons (Fsp3) is 0.318. The molecule has 4 rings (SSSR count). The van der Waals surface area contributed by atoms with Crippen molar-refractivity contribution >= 4 is 10.8 Å². The fourth-order valence-electron chi connectivity index (χ4n) is 3.76. The maximum absolute atomic E-state index is 9.53. The molecule has 1 aliphatic rings. The van der Waals surface area contributed by atoms with Crippen molar-refractivity contribution in [1.82, 2.24) is 10.3 Å². The fourth-order valence-corrected chi connectivity index (χ4v) is 3.76. The lowest BCUT2D eigenvalue weighted by molar-refractivity contribution is 0.372. The Hall–Kier alpha value is -2.39. The summed E-state index contributed by atoms with van der Waals surface area (Å²) in [5.41, 5.74) is 3.50. The molecule has 1 saturated carbocycles. The van der Waals surface area contributed by atoms with E-state index < -0.39 is 0 Å². The van der Waals surface area contributed by atoms with Crippen molar-refractivity contribution < 1.29 is 5.11 Å². The number of phenols is 1. The Morgan fingerprint density at radius 2 is 1.76 bits per heavy atom. The van der Waals surface area contributed by atoms with E-state index in [2.05, 4.69) is 28.5 Å². The number of pyridine rings is 1. The molecule has 2 N–H and O–H groups in total. The Morgan fingerprint density at radius 1 is 0.960 bits per heavy atom. The van der Waals surface area contributed by atoms with Crippen LogP contribution in [0, 0.1) is 0 Å². The van der Waals surface area contributed by atoms with E-state index in [0.29, 0.717) is 6.04 Å². The number of nitrogens with zero attached hydrogens (tertiary/aromatic N) is 1. The van der Waals surface area contributed by atoms with E-state index in [9.17, 15) is 5.11 Å². The molecule has 1 heterocycles. The van der Waals surface area contributed by atoms with Gasteiger partial charge < -0.3 is 10.4 Å². The quantitative estimate of drug-likeness (QED) is 0.704. The van der Waals surface area contributed by atoms with Gasteiger partial charge in [0.1, 0.15) is 5.75 Å². The van der Waals surface area contributed by atoms with Gasteiger partial charge >= 0.3 is 0 Å². The van der Waals surface area contributed by atoms with Crippen molar-refractivity contribution in [3.8, 4) is 16.9 Å². The minimum Gasteiger partial charge on any atom is -0.508 e. The van der Waals surface area contributed by atoms with Crippen molar-refractivity contribution in [3.05, 3.63) is 60.4 Å². The first-order chi connectivity index (χ1) is 12.3. The Morgan fingerprint density at radius 3 is 2.56 bits per heavy atom. The number of hydrogen-bond acceptors (Lipinski definition) is 3.